The van der Waals surface area contributed by atoms with Crippen LogP contribution in [0.5, 0.6) is 0 Å². The quantitative estimate of drug-likeness (QED) is 0.775. The molecular formula is C13H15Br2NO3. The Balaban J connectivity index is 2.60. The summed E-state index contributed by atoms with van der Waals surface area (Å²) in [6, 6.07) is 3.78. The van der Waals surface area contributed by atoms with Crippen LogP contribution in [0, 0.1) is 6.92 Å². The second kappa shape index (κ2) is 7.65. The first-order chi connectivity index (χ1) is 8.93. The minimum Gasteiger partial charge on any atom is -0.456 e. The third kappa shape index (κ3) is 5.32. The molecule has 0 fully saturated rings. The van der Waals surface area contributed by atoms with E-state index in [2.05, 4.69) is 37.2 Å². The summed E-state index contributed by atoms with van der Waals surface area (Å²) in [6.07, 6.45) is 1.03. The molecule has 0 saturated carbocycles. The lowest BCUT2D eigenvalue weighted by Crippen LogP contribution is -2.21. The average Bonchev–Trinajstić information content (AvgIpc) is 2.31. The van der Waals surface area contributed by atoms with Gasteiger partial charge in [0.25, 0.3) is 5.91 Å². The maximum atomic E-state index is 11.7. The van der Waals surface area contributed by atoms with Gasteiger partial charge in [-0.15, -0.1) is 0 Å². The molecule has 1 aromatic rings. The van der Waals surface area contributed by atoms with Crippen LogP contribution in [0.3, 0.4) is 0 Å². The second-order valence-corrected chi connectivity index (χ2v) is 5.77. The van der Waals surface area contributed by atoms with E-state index in [4.69, 9.17) is 4.74 Å². The van der Waals surface area contributed by atoms with Gasteiger partial charge >= 0.3 is 5.97 Å². The smallest absolute Gasteiger partial charge is 0.306 e. The third-order valence-corrected chi connectivity index (χ3v) is 3.52. The molecule has 0 saturated heterocycles. The first-order valence-electron chi connectivity index (χ1n) is 5.85. The third-order valence-electron chi connectivity index (χ3n) is 2.27. The van der Waals surface area contributed by atoms with E-state index < -0.39 is 0 Å². The normalized spacial score (nSPS) is 10.1. The number of rotatable bonds is 5. The van der Waals surface area contributed by atoms with Crippen molar-refractivity contribution in [3.63, 3.8) is 0 Å². The highest BCUT2D eigenvalue weighted by Crippen LogP contribution is 2.32. The van der Waals surface area contributed by atoms with E-state index in [9.17, 15) is 9.59 Å². The molecule has 0 spiro atoms. The molecule has 1 rings (SSSR count). The lowest BCUT2D eigenvalue weighted by molar-refractivity contribution is -0.147. The van der Waals surface area contributed by atoms with Crippen LogP contribution in [0.15, 0.2) is 21.1 Å². The average molecular weight is 393 g/mol. The minimum absolute atomic E-state index is 0.272. The number of anilines is 1. The number of hydrogen-bond acceptors (Lipinski definition) is 3. The number of ether oxygens (including phenoxy) is 1. The fourth-order valence-corrected chi connectivity index (χ4v) is 3.03. The summed E-state index contributed by atoms with van der Waals surface area (Å²) in [7, 11) is 0. The number of halogens is 2. The summed E-state index contributed by atoms with van der Waals surface area (Å²) in [4.78, 5) is 22.8. The van der Waals surface area contributed by atoms with Gasteiger partial charge in [-0.1, -0.05) is 6.92 Å². The number of nitrogens with one attached hydrogen (secondary N) is 1. The summed E-state index contributed by atoms with van der Waals surface area (Å²) in [5.41, 5.74) is 1.69. The summed E-state index contributed by atoms with van der Waals surface area (Å²) in [5, 5.41) is 2.69. The Morgan fingerprint density at radius 2 is 1.84 bits per heavy atom. The van der Waals surface area contributed by atoms with Gasteiger partial charge in [0, 0.05) is 15.4 Å². The van der Waals surface area contributed by atoms with Crippen LogP contribution in [-0.2, 0) is 14.3 Å². The maximum absolute atomic E-state index is 11.7. The van der Waals surface area contributed by atoms with Crippen LogP contribution in [0.4, 0.5) is 5.69 Å². The van der Waals surface area contributed by atoms with Crippen LogP contribution in [0.25, 0.3) is 0 Å². The van der Waals surface area contributed by atoms with Crippen molar-refractivity contribution in [2.24, 2.45) is 0 Å². The predicted molar refractivity (Wildman–Crippen MR) is 81.1 cm³/mol. The van der Waals surface area contributed by atoms with E-state index in [1.165, 1.54) is 0 Å². The van der Waals surface area contributed by atoms with Crippen molar-refractivity contribution in [1.29, 1.82) is 0 Å². The van der Waals surface area contributed by atoms with Crippen LogP contribution >= 0.6 is 31.9 Å². The topological polar surface area (TPSA) is 55.4 Å². The maximum Gasteiger partial charge on any atom is 0.306 e. The number of carbonyl (C=O) groups excluding carboxylic acids is 2. The highest BCUT2D eigenvalue weighted by Gasteiger charge is 2.11. The summed E-state index contributed by atoms with van der Waals surface area (Å²) >= 11 is 6.76. The molecule has 1 aromatic carbocycles. The molecule has 0 aliphatic rings. The molecule has 0 heterocycles. The van der Waals surface area contributed by atoms with E-state index in [0.717, 1.165) is 14.5 Å². The highest BCUT2D eigenvalue weighted by atomic mass is 79.9. The zero-order chi connectivity index (χ0) is 14.4. The predicted octanol–water partition coefficient (Wildman–Crippen LogP) is 3.80. The van der Waals surface area contributed by atoms with Gasteiger partial charge in [0.05, 0.1) is 5.69 Å². The molecule has 0 aliphatic heterocycles. The molecule has 104 valence electrons. The number of esters is 1. The largest absolute Gasteiger partial charge is 0.456 e. The van der Waals surface area contributed by atoms with Gasteiger partial charge in [-0.2, -0.15) is 0 Å². The van der Waals surface area contributed by atoms with Crippen molar-refractivity contribution < 1.29 is 14.3 Å². The number of hydrogen-bond donors (Lipinski definition) is 1. The van der Waals surface area contributed by atoms with Gasteiger partial charge in [-0.3, -0.25) is 9.59 Å². The molecule has 6 heteroatoms. The first kappa shape index (κ1) is 16.2. The van der Waals surface area contributed by atoms with Gasteiger partial charge in [0.2, 0.25) is 0 Å². The fraction of sp³-hybridized carbons (Fsp3) is 0.385. The van der Waals surface area contributed by atoms with E-state index in [1.54, 1.807) is 0 Å². The zero-order valence-electron chi connectivity index (χ0n) is 10.8. The Morgan fingerprint density at radius 3 is 2.37 bits per heavy atom. The Kier molecular flexibility index (Phi) is 6.51. The van der Waals surface area contributed by atoms with E-state index in [-0.39, 0.29) is 18.5 Å². The molecule has 19 heavy (non-hydrogen) atoms. The van der Waals surface area contributed by atoms with Crippen LogP contribution in [0.2, 0.25) is 0 Å². The number of amides is 1. The van der Waals surface area contributed by atoms with Crippen molar-refractivity contribution >= 4 is 49.4 Å². The molecule has 0 atom stereocenters. The Bertz CT molecular complexity index is 466. The fourth-order valence-electron chi connectivity index (χ4n) is 1.42. The van der Waals surface area contributed by atoms with Crippen molar-refractivity contribution in [2.45, 2.75) is 26.7 Å². The number of aryl methyl sites for hydroxylation is 1. The van der Waals surface area contributed by atoms with Crippen molar-refractivity contribution in [1.82, 2.24) is 0 Å². The molecule has 1 amide bonds. The number of benzene rings is 1. The molecule has 0 aliphatic carbocycles. The Labute approximate surface area is 129 Å². The molecule has 0 radical (unpaired) electrons. The lowest BCUT2D eigenvalue weighted by atomic mass is 10.2. The van der Waals surface area contributed by atoms with Gasteiger partial charge in [-0.05, 0) is 62.9 Å². The van der Waals surface area contributed by atoms with Crippen molar-refractivity contribution in [2.75, 3.05) is 11.9 Å². The monoisotopic (exact) mass is 391 g/mol. The molecular weight excluding hydrogens is 378 g/mol. The van der Waals surface area contributed by atoms with E-state index >= 15 is 0 Å². The molecule has 4 nitrogen and oxygen atoms in total. The van der Waals surface area contributed by atoms with Gasteiger partial charge in [0.15, 0.2) is 6.61 Å². The SMILES string of the molecule is CCCC(=O)OCC(=O)Nc1c(Br)cc(C)cc1Br. The minimum atomic E-state index is -0.366. The zero-order valence-corrected chi connectivity index (χ0v) is 13.9. The summed E-state index contributed by atoms with van der Waals surface area (Å²) in [5.74, 6) is -0.727. The molecule has 0 bridgehead atoms. The number of carbonyl (C=O) groups is 2. The van der Waals surface area contributed by atoms with Gasteiger partial charge in [-0.25, -0.2) is 0 Å². The van der Waals surface area contributed by atoms with E-state index in [0.29, 0.717) is 18.5 Å². The molecule has 0 aromatic heterocycles. The highest BCUT2D eigenvalue weighted by molar-refractivity contribution is 9.11. The standard InChI is InChI=1S/C13H15Br2NO3/c1-3-4-12(18)19-7-11(17)16-13-9(14)5-8(2)6-10(13)15/h5-6H,3-4,7H2,1-2H3,(H,16,17). The van der Waals surface area contributed by atoms with Gasteiger partial charge < -0.3 is 10.1 Å². The summed E-state index contributed by atoms with van der Waals surface area (Å²) < 4.78 is 6.38. The lowest BCUT2D eigenvalue weighted by Gasteiger charge is -2.11. The Morgan fingerprint density at radius 1 is 1.26 bits per heavy atom. The van der Waals surface area contributed by atoms with Crippen LogP contribution in [0.1, 0.15) is 25.3 Å². The van der Waals surface area contributed by atoms with Gasteiger partial charge in [0.1, 0.15) is 0 Å². The Hall–Kier alpha value is -0.880. The van der Waals surface area contributed by atoms with Crippen LogP contribution < -0.4 is 5.32 Å². The molecule has 1 N–H and O–H groups in total. The second-order valence-electron chi connectivity index (χ2n) is 4.06. The van der Waals surface area contributed by atoms with Crippen molar-refractivity contribution in [3.05, 3.63) is 26.6 Å². The first-order valence-corrected chi connectivity index (χ1v) is 7.43. The van der Waals surface area contributed by atoms with Crippen molar-refractivity contribution in [3.8, 4) is 0 Å². The van der Waals surface area contributed by atoms with Crippen LogP contribution in [-0.4, -0.2) is 18.5 Å². The van der Waals surface area contributed by atoms with E-state index in [1.807, 2.05) is 26.0 Å². The summed E-state index contributed by atoms with van der Waals surface area (Å²) in [6.45, 7) is 3.56. The molecule has 0 unspecified atom stereocenters.